The molecule has 0 radical (unpaired) electrons. The summed E-state index contributed by atoms with van der Waals surface area (Å²) in [5.74, 6) is -0.472. The Morgan fingerprint density at radius 3 is 2.08 bits per heavy atom. The molecule has 6 heteroatoms. The summed E-state index contributed by atoms with van der Waals surface area (Å²) in [4.78, 5) is 39.1. The average Bonchev–Trinajstić information content (AvgIpc) is 2.53. The zero-order chi connectivity index (χ0) is 17.8. The molecule has 0 unspecified atom stereocenters. The smallest absolute Gasteiger partial charge is 0.243 e. The van der Waals surface area contributed by atoms with Crippen molar-refractivity contribution in [3.8, 4) is 0 Å². The van der Waals surface area contributed by atoms with Crippen LogP contribution in [-0.4, -0.2) is 60.2 Å². The van der Waals surface area contributed by atoms with E-state index in [9.17, 15) is 14.4 Å². The van der Waals surface area contributed by atoms with E-state index in [1.54, 1.807) is 4.90 Å². The second-order valence-electron chi connectivity index (χ2n) is 6.56. The first-order valence-electron chi connectivity index (χ1n) is 9.40. The molecule has 0 aliphatic carbocycles. The molecule has 138 valence electrons. The van der Waals surface area contributed by atoms with Crippen molar-refractivity contribution in [3.63, 3.8) is 0 Å². The summed E-state index contributed by atoms with van der Waals surface area (Å²) >= 11 is 0. The maximum Gasteiger partial charge on any atom is 0.243 e. The third-order valence-electron chi connectivity index (χ3n) is 4.27. The highest BCUT2D eigenvalue weighted by molar-refractivity contribution is 5.99. The van der Waals surface area contributed by atoms with Gasteiger partial charge >= 0.3 is 0 Å². The lowest BCUT2D eigenvalue weighted by Gasteiger charge is -2.32. The maximum atomic E-state index is 12.1. The highest BCUT2D eigenvalue weighted by Crippen LogP contribution is 2.08. The molecule has 0 spiro atoms. The molecular formula is C18H33N3O3. The van der Waals surface area contributed by atoms with Crippen molar-refractivity contribution in [2.75, 3.05) is 32.7 Å². The number of piperazine rings is 1. The van der Waals surface area contributed by atoms with Crippen LogP contribution in [0.15, 0.2) is 0 Å². The molecule has 0 aromatic heterocycles. The van der Waals surface area contributed by atoms with Crippen molar-refractivity contribution >= 4 is 17.7 Å². The fraction of sp³-hybridized carbons (Fsp3) is 0.833. The van der Waals surface area contributed by atoms with Crippen LogP contribution in [-0.2, 0) is 14.4 Å². The number of nitrogens with zero attached hydrogens (tertiary/aromatic N) is 2. The van der Waals surface area contributed by atoms with Gasteiger partial charge in [-0.25, -0.2) is 0 Å². The van der Waals surface area contributed by atoms with E-state index in [4.69, 9.17) is 0 Å². The Kier molecular flexibility index (Phi) is 10.3. The summed E-state index contributed by atoms with van der Waals surface area (Å²) in [7, 11) is 0. The Hall–Kier alpha value is -1.43. The zero-order valence-corrected chi connectivity index (χ0v) is 15.3. The van der Waals surface area contributed by atoms with Crippen LogP contribution in [0.4, 0.5) is 0 Å². The normalized spacial score (nSPS) is 15.8. The molecule has 1 aliphatic heterocycles. The van der Waals surface area contributed by atoms with Gasteiger partial charge in [0.1, 0.15) is 0 Å². The van der Waals surface area contributed by atoms with Gasteiger partial charge in [0, 0.05) is 13.1 Å². The van der Waals surface area contributed by atoms with Gasteiger partial charge in [0.25, 0.3) is 0 Å². The predicted octanol–water partition coefficient (Wildman–Crippen LogP) is 1.93. The molecular weight excluding hydrogens is 306 g/mol. The summed E-state index contributed by atoms with van der Waals surface area (Å²) in [5.41, 5.74) is 0. The maximum absolute atomic E-state index is 12.1. The van der Waals surface area contributed by atoms with E-state index in [0.717, 1.165) is 38.5 Å². The van der Waals surface area contributed by atoms with E-state index >= 15 is 0 Å². The minimum absolute atomic E-state index is 0.108. The summed E-state index contributed by atoms with van der Waals surface area (Å²) in [6, 6.07) is 0. The minimum Gasteiger partial charge on any atom is -0.355 e. The molecule has 1 N–H and O–H groups in total. The number of hydrogen-bond donors (Lipinski definition) is 1. The van der Waals surface area contributed by atoms with E-state index in [0.29, 0.717) is 13.1 Å². The van der Waals surface area contributed by atoms with Crippen molar-refractivity contribution < 1.29 is 14.4 Å². The van der Waals surface area contributed by atoms with Crippen LogP contribution in [0.2, 0.25) is 0 Å². The Bertz CT molecular complexity index is 392. The van der Waals surface area contributed by atoms with E-state index in [2.05, 4.69) is 19.2 Å². The summed E-state index contributed by atoms with van der Waals surface area (Å²) in [5, 5.41) is 2.86. The third kappa shape index (κ3) is 7.90. The molecule has 0 bridgehead atoms. The molecule has 1 saturated heterocycles. The Balaban J connectivity index is 2.26. The predicted molar refractivity (Wildman–Crippen MR) is 94.5 cm³/mol. The van der Waals surface area contributed by atoms with Crippen LogP contribution in [0.3, 0.4) is 0 Å². The first-order valence-corrected chi connectivity index (χ1v) is 9.40. The van der Waals surface area contributed by atoms with E-state index in [1.165, 1.54) is 17.7 Å². The third-order valence-corrected chi connectivity index (χ3v) is 4.27. The van der Waals surface area contributed by atoms with Gasteiger partial charge < -0.3 is 5.32 Å². The van der Waals surface area contributed by atoms with Gasteiger partial charge in [0.2, 0.25) is 17.7 Å². The van der Waals surface area contributed by atoms with Gasteiger partial charge in [0.15, 0.2) is 0 Å². The highest BCUT2D eigenvalue weighted by atomic mass is 16.2. The number of hydrogen-bond acceptors (Lipinski definition) is 4. The number of nitrogens with one attached hydrogen (secondary N) is 1. The Labute approximate surface area is 145 Å². The second kappa shape index (κ2) is 12.0. The molecule has 0 aromatic carbocycles. The van der Waals surface area contributed by atoms with Crippen LogP contribution in [0.25, 0.3) is 0 Å². The first-order chi connectivity index (χ1) is 11.6. The van der Waals surface area contributed by atoms with Crippen molar-refractivity contribution in [1.29, 1.82) is 0 Å². The fourth-order valence-corrected chi connectivity index (χ4v) is 2.84. The van der Waals surface area contributed by atoms with Crippen molar-refractivity contribution in [1.82, 2.24) is 15.1 Å². The van der Waals surface area contributed by atoms with Gasteiger partial charge in [-0.3, -0.25) is 24.2 Å². The molecule has 1 aliphatic rings. The molecule has 1 fully saturated rings. The van der Waals surface area contributed by atoms with E-state index in [-0.39, 0.29) is 37.4 Å². The fourth-order valence-electron chi connectivity index (χ4n) is 2.84. The summed E-state index contributed by atoms with van der Waals surface area (Å²) in [6.07, 6.45) is 8.60. The lowest BCUT2D eigenvalue weighted by Crippen LogP contribution is -2.55. The number of unbranched alkanes of at least 4 members (excludes halogenated alkanes) is 6. The largest absolute Gasteiger partial charge is 0.355 e. The lowest BCUT2D eigenvalue weighted by molar-refractivity contribution is -0.151. The number of rotatable bonds is 12. The molecule has 3 amide bonds. The standard InChI is InChI=1S/C18H33N3O3/c1-3-5-7-9-11-19-16(22)13-20-14-17(23)21(18(24)15-20)12-10-8-6-4-2/h3-15H2,1-2H3,(H,19,22). The Morgan fingerprint density at radius 1 is 0.917 bits per heavy atom. The molecule has 0 aromatic rings. The van der Waals surface area contributed by atoms with E-state index in [1.807, 2.05) is 0 Å². The highest BCUT2D eigenvalue weighted by Gasteiger charge is 2.31. The van der Waals surface area contributed by atoms with Crippen LogP contribution in [0.5, 0.6) is 0 Å². The van der Waals surface area contributed by atoms with Crippen LogP contribution in [0, 0.1) is 0 Å². The van der Waals surface area contributed by atoms with Crippen molar-refractivity contribution in [2.24, 2.45) is 0 Å². The monoisotopic (exact) mass is 339 g/mol. The van der Waals surface area contributed by atoms with Gasteiger partial charge in [-0.2, -0.15) is 0 Å². The van der Waals surface area contributed by atoms with Crippen LogP contribution >= 0.6 is 0 Å². The van der Waals surface area contributed by atoms with Gasteiger partial charge in [-0.15, -0.1) is 0 Å². The molecule has 6 nitrogen and oxygen atoms in total. The Morgan fingerprint density at radius 2 is 1.50 bits per heavy atom. The second-order valence-corrected chi connectivity index (χ2v) is 6.56. The number of carbonyl (C=O) groups is 3. The number of carbonyl (C=O) groups excluding carboxylic acids is 3. The van der Waals surface area contributed by atoms with Crippen LogP contribution < -0.4 is 5.32 Å². The number of amides is 3. The number of imide groups is 1. The topological polar surface area (TPSA) is 69.7 Å². The molecule has 0 saturated carbocycles. The molecule has 1 heterocycles. The first kappa shape index (κ1) is 20.6. The zero-order valence-electron chi connectivity index (χ0n) is 15.3. The summed E-state index contributed by atoms with van der Waals surface area (Å²) < 4.78 is 0. The lowest BCUT2D eigenvalue weighted by atomic mass is 10.2. The van der Waals surface area contributed by atoms with Crippen molar-refractivity contribution in [2.45, 2.75) is 65.2 Å². The van der Waals surface area contributed by atoms with Crippen LogP contribution in [0.1, 0.15) is 65.2 Å². The quantitative estimate of drug-likeness (QED) is 0.436. The summed E-state index contributed by atoms with van der Waals surface area (Å²) in [6.45, 7) is 5.88. The van der Waals surface area contributed by atoms with E-state index < -0.39 is 0 Å². The van der Waals surface area contributed by atoms with Crippen molar-refractivity contribution in [3.05, 3.63) is 0 Å². The molecule has 1 rings (SSSR count). The van der Waals surface area contributed by atoms with Gasteiger partial charge in [-0.1, -0.05) is 52.4 Å². The van der Waals surface area contributed by atoms with Gasteiger partial charge in [0.05, 0.1) is 19.6 Å². The average molecular weight is 339 g/mol. The molecule has 24 heavy (non-hydrogen) atoms. The molecule has 0 atom stereocenters. The minimum atomic E-state index is -0.182. The SMILES string of the molecule is CCCCCCNC(=O)CN1CC(=O)N(CCCCCC)C(=O)C1. The van der Waals surface area contributed by atoms with Gasteiger partial charge in [-0.05, 0) is 12.8 Å².